The SMILES string of the molecule is CCC(CC)N1C(=O)[C@@](C)(CC2NNC(=O)N2)C[C@H](c2cccc(Cl)c2)[C@H]1c1ccc(Cl)cc1. The van der Waals surface area contributed by atoms with Crippen molar-refractivity contribution in [1.29, 1.82) is 0 Å². The summed E-state index contributed by atoms with van der Waals surface area (Å²) >= 11 is 12.6. The molecular formula is C26H32Cl2N4O2. The van der Waals surface area contributed by atoms with E-state index in [1.807, 2.05) is 49.4 Å². The number of carbonyl (C=O) groups excluding carboxylic acids is 2. The molecule has 2 heterocycles. The molecule has 6 nitrogen and oxygen atoms in total. The lowest BCUT2D eigenvalue weighted by molar-refractivity contribution is -0.156. The van der Waals surface area contributed by atoms with Crippen molar-refractivity contribution in [3.8, 4) is 0 Å². The number of nitrogens with zero attached hydrogens (tertiary/aromatic N) is 1. The minimum atomic E-state index is -0.685. The number of benzene rings is 2. The Kier molecular flexibility index (Phi) is 7.41. The molecule has 0 spiro atoms. The first-order chi connectivity index (χ1) is 16.3. The van der Waals surface area contributed by atoms with Gasteiger partial charge in [0, 0.05) is 22.0 Å². The standard InChI is InChI=1S/C26H32Cl2N4O2/c1-4-20(5-2)32-23(16-9-11-18(27)12-10-16)21(17-7-6-8-19(28)13-17)14-26(3,24(32)33)15-22-29-25(34)31-30-22/h6-13,20-23,30H,4-5,14-15H2,1-3H3,(H2,29,31,34)/t21-,22?,23-,26-/m1/s1. The van der Waals surface area contributed by atoms with Gasteiger partial charge in [-0.05, 0) is 61.1 Å². The van der Waals surface area contributed by atoms with E-state index < -0.39 is 5.41 Å². The largest absolute Gasteiger partial charge is 0.332 e. The highest BCUT2D eigenvalue weighted by molar-refractivity contribution is 6.30. The summed E-state index contributed by atoms with van der Waals surface area (Å²) in [4.78, 5) is 28.1. The van der Waals surface area contributed by atoms with Crippen LogP contribution in [0.4, 0.5) is 4.79 Å². The molecule has 3 N–H and O–H groups in total. The summed E-state index contributed by atoms with van der Waals surface area (Å²) in [5.41, 5.74) is 7.03. The Morgan fingerprint density at radius 1 is 1.03 bits per heavy atom. The van der Waals surface area contributed by atoms with Crippen molar-refractivity contribution in [2.75, 3.05) is 0 Å². The number of rotatable bonds is 7. The molecule has 2 aromatic rings. The van der Waals surface area contributed by atoms with Gasteiger partial charge in [-0.2, -0.15) is 0 Å². The Morgan fingerprint density at radius 2 is 1.74 bits per heavy atom. The number of hydrazine groups is 1. The van der Waals surface area contributed by atoms with Crippen molar-refractivity contribution >= 4 is 35.1 Å². The van der Waals surface area contributed by atoms with Crippen LogP contribution in [0.25, 0.3) is 0 Å². The Balaban J connectivity index is 1.83. The zero-order valence-electron chi connectivity index (χ0n) is 19.8. The third-order valence-corrected chi connectivity index (χ3v) is 7.73. The molecular weight excluding hydrogens is 471 g/mol. The molecule has 2 fully saturated rings. The van der Waals surface area contributed by atoms with Crippen molar-refractivity contribution in [3.63, 3.8) is 0 Å². The fraction of sp³-hybridized carbons (Fsp3) is 0.462. The number of likely N-dealkylation sites (tertiary alicyclic amines) is 1. The molecule has 34 heavy (non-hydrogen) atoms. The maximum atomic E-state index is 14.3. The van der Waals surface area contributed by atoms with Crippen LogP contribution in [-0.4, -0.2) is 29.0 Å². The number of hydrogen-bond donors (Lipinski definition) is 3. The Bertz CT molecular complexity index is 1040. The van der Waals surface area contributed by atoms with Gasteiger partial charge >= 0.3 is 6.03 Å². The monoisotopic (exact) mass is 502 g/mol. The van der Waals surface area contributed by atoms with Crippen LogP contribution in [0.2, 0.25) is 10.0 Å². The van der Waals surface area contributed by atoms with Gasteiger partial charge in [0.1, 0.15) is 0 Å². The highest BCUT2D eigenvalue weighted by atomic mass is 35.5. The second-order valence-electron chi connectivity index (χ2n) is 9.60. The Morgan fingerprint density at radius 3 is 2.32 bits per heavy atom. The predicted molar refractivity (Wildman–Crippen MR) is 136 cm³/mol. The Hall–Kier alpha value is -2.28. The molecule has 182 valence electrons. The lowest BCUT2D eigenvalue weighted by atomic mass is 9.66. The number of hydrogen-bond acceptors (Lipinski definition) is 3. The molecule has 2 saturated heterocycles. The third-order valence-electron chi connectivity index (χ3n) is 7.25. The zero-order valence-corrected chi connectivity index (χ0v) is 21.3. The molecule has 8 heteroatoms. The van der Waals surface area contributed by atoms with Crippen molar-refractivity contribution in [3.05, 3.63) is 69.7 Å². The average Bonchev–Trinajstić information content (AvgIpc) is 3.22. The number of amides is 3. The van der Waals surface area contributed by atoms with Crippen LogP contribution in [0.5, 0.6) is 0 Å². The lowest BCUT2D eigenvalue weighted by Gasteiger charge is -2.52. The van der Waals surface area contributed by atoms with Crippen molar-refractivity contribution in [2.24, 2.45) is 5.41 Å². The summed E-state index contributed by atoms with van der Waals surface area (Å²) in [6, 6.07) is 15.4. The summed E-state index contributed by atoms with van der Waals surface area (Å²) in [7, 11) is 0. The molecule has 0 aliphatic carbocycles. The normalized spacial score (nSPS) is 27.1. The second-order valence-corrected chi connectivity index (χ2v) is 10.5. The first-order valence-electron chi connectivity index (χ1n) is 11.9. The van der Waals surface area contributed by atoms with E-state index in [1.54, 1.807) is 0 Å². The second kappa shape index (κ2) is 10.1. The fourth-order valence-electron chi connectivity index (χ4n) is 5.59. The maximum absolute atomic E-state index is 14.3. The molecule has 4 atom stereocenters. The first kappa shape index (κ1) is 24.8. The van der Waals surface area contributed by atoms with E-state index in [9.17, 15) is 9.59 Å². The van der Waals surface area contributed by atoms with Gasteiger partial charge in [0.2, 0.25) is 5.91 Å². The van der Waals surface area contributed by atoms with E-state index in [0.717, 1.165) is 24.0 Å². The molecule has 0 bridgehead atoms. The van der Waals surface area contributed by atoms with Crippen molar-refractivity contribution < 1.29 is 9.59 Å². The predicted octanol–water partition coefficient (Wildman–Crippen LogP) is 5.78. The minimum Gasteiger partial charge on any atom is -0.332 e. The minimum absolute atomic E-state index is 0.0215. The summed E-state index contributed by atoms with van der Waals surface area (Å²) in [5.74, 6) is 0.135. The van der Waals surface area contributed by atoms with E-state index >= 15 is 0 Å². The van der Waals surface area contributed by atoms with Crippen LogP contribution < -0.4 is 16.2 Å². The first-order valence-corrected chi connectivity index (χ1v) is 12.7. The number of nitrogens with one attached hydrogen (secondary N) is 3. The van der Waals surface area contributed by atoms with Gasteiger partial charge in [0.25, 0.3) is 0 Å². The van der Waals surface area contributed by atoms with Crippen molar-refractivity contribution in [1.82, 2.24) is 21.1 Å². The van der Waals surface area contributed by atoms with Crippen LogP contribution in [-0.2, 0) is 4.79 Å². The third kappa shape index (κ3) is 4.90. The van der Waals surface area contributed by atoms with Crippen molar-refractivity contribution in [2.45, 2.75) is 70.6 Å². The van der Waals surface area contributed by atoms with E-state index in [4.69, 9.17) is 23.2 Å². The van der Waals surface area contributed by atoms with Gasteiger partial charge in [-0.15, -0.1) is 0 Å². The van der Waals surface area contributed by atoms with E-state index in [0.29, 0.717) is 22.9 Å². The summed E-state index contributed by atoms with van der Waals surface area (Å²) < 4.78 is 0. The molecule has 4 rings (SSSR count). The quantitative estimate of drug-likeness (QED) is 0.449. The summed E-state index contributed by atoms with van der Waals surface area (Å²) in [6.45, 7) is 6.28. The number of piperidine rings is 1. The van der Waals surface area contributed by atoms with Crippen LogP contribution in [0, 0.1) is 5.41 Å². The molecule has 0 saturated carbocycles. The molecule has 2 aliphatic rings. The molecule has 3 amide bonds. The molecule has 0 radical (unpaired) electrons. The van der Waals surface area contributed by atoms with E-state index in [1.165, 1.54) is 0 Å². The van der Waals surface area contributed by atoms with Gasteiger partial charge in [-0.3, -0.25) is 10.2 Å². The van der Waals surface area contributed by atoms with Gasteiger partial charge in [0.05, 0.1) is 17.6 Å². The van der Waals surface area contributed by atoms with Crippen LogP contribution in [0.15, 0.2) is 48.5 Å². The average molecular weight is 503 g/mol. The topological polar surface area (TPSA) is 73.5 Å². The highest BCUT2D eigenvalue weighted by Gasteiger charge is 2.52. The van der Waals surface area contributed by atoms with E-state index in [-0.39, 0.29) is 36.1 Å². The molecule has 1 unspecified atom stereocenters. The van der Waals surface area contributed by atoms with Gasteiger partial charge in [-0.25, -0.2) is 10.2 Å². The van der Waals surface area contributed by atoms with Crippen LogP contribution >= 0.6 is 23.2 Å². The van der Waals surface area contributed by atoms with Crippen LogP contribution in [0.1, 0.15) is 69.5 Å². The van der Waals surface area contributed by atoms with Gasteiger partial charge in [-0.1, -0.05) is 68.2 Å². The van der Waals surface area contributed by atoms with Gasteiger partial charge in [0.15, 0.2) is 0 Å². The zero-order chi connectivity index (χ0) is 24.5. The smallest absolute Gasteiger partial charge is 0.330 e. The number of halogens is 2. The fourth-order valence-corrected chi connectivity index (χ4v) is 5.91. The van der Waals surface area contributed by atoms with Crippen LogP contribution in [0.3, 0.4) is 0 Å². The summed E-state index contributed by atoms with van der Waals surface area (Å²) in [5, 5.41) is 4.21. The molecule has 2 aromatic carbocycles. The summed E-state index contributed by atoms with van der Waals surface area (Å²) in [6.07, 6.45) is 2.49. The highest BCUT2D eigenvalue weighted by Crippen LogP contribution is 2.52. The number of urea groups is 1. The molecule has 0 aromatic heterocycles. The number of carbonyl (C=O) groups is 2. The Labute approximate surface area is 211 Å². The van der Waals surface area contributed by atoms with E-state index in [2.05, 4.69) is 41.0 Å². The molecule has 2 aliphatic heterocycles. The maximum Gasteiger partial charge on any atom is 0.330 e. The lowest BCUT2D eigenvalue weighted by Crippen LogP contribution is -2.57. The van der Waals surface area contributed by atoms with Gasteiger partial charge < -0.3 is 10.2 Å².